The van der Waals surface area contributed by atoms with Crippen LogP contribution in [0.5, 0.6) is 0 Å². The zero-order chi connectivity index (χ0) is 38.4. The fraction of sp³-hybridized carbons (Fsp3) is 0. The van der Waals surface area contributed by atoms with Gasteiger partial charge in [-0.25, -0.2) is 0 Å². The summed E-state index contributed by atoms with van der Waals surface area (Å²) in [6.07, 6.45) is 0. The van der Waals surface area contributed by atoms with Gasteiger partial charge in [0.25, 0.3) is 0 Å². The molecule has 0 fully saturated rings. The number of rotatable bonds is 7. The number of fused-ring (bicyclic) bond motifs is 6. The average molecular weight is 739 g/mol. The van der Waals surface area contributed by atoms with E-state index in [1.54, 1.807) is 0 Å². The van der Waals surface area contributed by atoms with Crippen molar-refractivity contribution in [1.82, 2.24) is 4.57 Å². The Hall–Kier alpha value is -7.68. The Kier molecular flexibility index (Phi) is 8.19. The zero-order valence-electron chi connectivity index (χ0n) is 31.8. The summed E-state index contributed by atoms with van der Waals surface area (Å²) in [6, 6.07) is 83.6. The third-order valence-electron chi connectivity index (χ3n) is 11.6. The second-order valence-electron chi connectivity index (χ2n) is 14.9. The van der Waals surface area contributed by atoms with Crippen LogP contribution in [-0.4, -0.2) is 4.57 Å². The van der Waals surface area contributed by atoms with Crippen molar-refractivity contribution >= 4 is 60.4 Å². The largest absolute Gasteiger partial charge is 0.310 e. The molecule has 11 rings (SSSR count). The molecular formula is C56H38N2. The van der Waals surface area contributed by atoms with Crippen LogP contribution < -0.4 is 4.90 Å². The van der Waals surface area contributed by atoms with E-state index < -0.39 is 0 Å². The van der Waals surface area contributed by atoms with Crippen LogP contribution in [0.2, 0.25) is 0 Å². The van der Waals surface area contributed by atoms with Gasteiger partial charge in [0, 0.05) is 33.4 Å². The van der Waals surface area contributed by atoms with Gasteiger partial charge in [-0.2, -0.15) is 0 Å². The van der Waals surface area contributed by atoms with Crippen molar-refractivity contribution in [3.63, 3.8) is 0 Å². The lowest BCUT2D eigenvalue weighted by molar-refractivity contribution is 1.18. The summed E-state index contributed by atoms with van der Waals surface area (Å²) in [4.78, 5) is 2.39. The van der Waals surface area contributed by atoms with Crippen LogP contribution in [-0.2, 0) is 0 Å². The van der Waals surface area contributed by atoms with E-state index in [-0.39, 0.29) is 0 Å². The highest BCUT2D eigenvalue weighted by molar-refractivity contribution is 6.21. The molecule has 0 saturated heterocycles. The number of benzene rings is 10. The van der Waals surface area contributed by atoms with Gasteiger partial charge in [-0.15, -0.1) is 0 Å². The van der Waals surface area contributed by atoms with E-state index >= 15 is 0 Å². The Morgan fingerprint density at radius 1 is 0.293 bits per heavy atom. The minimum Gasteiger partial charge on any atom is -0.310 e. The van der Waals surface area contributed by atoms with Gasteiger partial charge < -0.3 is 9.47 Å². The van der Waals surface area contributed by atoms with Gasteiger partial charge in [0.05, 0.1) is 16.7 Å². The highest BCUT2D eigenvalue weighted by Gasteiger charge is 2.19. The topological polar surface area (TPSA) is 8.17 Å². The number of aromatic nitrogens is 1. The lowest BCUT2D eigenvalue weighted by Crippen LogP contribution is -2.11. The lowest BCUT2D eigenvalue weighted by atomic mass is 9.97. The first-order chi connectivity index (χ1) is 28.8. The Balaban J connectivity index is 1.03. The highest BCUT2D eigenvalue weighted by Crippen LogP contribution is 2.43. The van der Waals surface area contributed by atoms with Crippen LogP contribution in [0, 0.1) is 0 Å². The molecule has 0 amide bonds. The summed E-state index contributed by atoms with van der Waals surface area (Å²) in [5.74, 6) is 0. The van der Waals surface area contributed by atoms with E-state index in [4.69, 9.17) is 0 Å². The van der Waals surface area contributed by atoms with Gasteiger partial charge in [0.1, 0.15) is 0 Å². The molecule has 0 aliphatic heterocycles. The van der Waals surface area contributed by atoms with Gasteiger partial charge >= 0.3 is 0 Å². The van der Waals surface area contributed by atoms with Crippen LogP contribution in [0.1, 0.15) is 0 Å². The van der Waals surface area contributed by atoms with Crippen molar-refractivity contribution in [3.8, 4) is 39.1 Å². The van der Waals surface area contributed by atoms with Crippen molar-refractivity contribution in [2.24, 2.45) is 0 Å². The van der Waals surface area contributed by atoms with Crippen molar-refractivity contribution in [3.05, 3.63) is 231 Å². The smallest absolute Gasteiger partial charge is 0.0547 e. The normalized spacial score (nSPS) is 11.4. The lowest BCUT2D eigenvalue weighted by Gasteiger charge is -2.28. The third-order valence-corrected chi connectivity index (χ3v) is 11.6. The SMILES string of the molecule is c1ccc(-c2ccc(N(c3ccc(-c4cccc5ccccc45)cc3)c3ccccc3-c3ccc(-n4c5ccccc5c5c6ccccc6ccc54)cc3)cc2)cc1. The third kappa shape index (κ3) is 5.74. The minimum absolute atomic E-state index is 1.10. The molecule has 58 heavy (non-hydrogen) atoms. The van der Waals surface area contributed by atoms with Crippen LogP contribution in [0.25, 0.3) is 82.4 Å². The molecule has 272 valence electrons. The molecule has 11 aromatic rings. The number of hydrogen-bond acceptors (Lipinski definition) is 1. The Labute approximate surface area is 338 Å². The molecule has 0 aliphatic rings. The quantitative estimate of drug-likeness (QED) is 0.158. The molecular weight excluding hydrogens is 701 g/mol. The number of hydrogen-bond donors (Lipinski definition) is 0. The monoisotopic (exact) mass is 738 g/mol. The molecule has 0 atom stereocenters. The molecule has 1 aromatic heterocycles. The van der Waals surface area contributed by atoms with E-state index in [2.05, 4.69) is 240 Å². The fourth-order valence-corrected chi connectivity index (χ4v) is 8.85. The maximum atomic E-state index is 2.41. The predicted molar refractivity (Wildman–Crippen MR) is 247 cm³/mol. The first-order valence-electron chi connectivity index (χ1n) is 19.9. The minimum atomic E-state index is 1.10. The van der Waals surface area contributed by atoms with E-state index in [1.807, 2.05) is 0 Å². The van der Waals surface area contributed by atoms with Crippen LogP contribution in [0.4, 0.5) is 17.1 Å². The van der Waals surface area contributed by atoms with Crippen LogP contribution in [0.3, 0.4) is 0 Å². The summed E-state index contributed by atoms with van der Waals surface area (Å²) in [5.41, 5.74) is 14.0. The molecule has 0 saturated carbocycles. The maximum absolute atomic E-state index is 2.41. The number of anilines is 3. The van der Waals surface area contributed by atoms with E-state index in [0.29, 0.717) is 0 Å². The summed E-state index contributed by atoms with van der Waals surface area (Å²) in [7, 11) is 0. The van der Waals surface area contributed by atoms with Crippen molar-refractivity contribution in [2.75, 3.05) is 4.90 Å². The van der Waals surface area contributed by atoms with Crippen LogP contribution in [0.15, 0.2) is 231 Å². The molecule has 1 heterocycles. The average Bonchev–Trinajstić information content (AvgIpc) is 3.65. The van der Waals surface area contributed by atoms with Crippen molar-refractivity contribution in [1.29, 1.82) is 0 Å². The molecule has 2 heteroatoms. The summed E-state index contributed by atoms with van der Waals surface area (Å²) in [6.45, 7) is 0. The Morgan fingerprint density at radius 2 is 0.810 bits per heavy atom. The summed E-state index contributed by atoms with van der Waals surface area (Å²) < 4.78 is 2.41. The molecule has 0 radical (unpaired) electrons. The zero-order valence-corrected chi connectivity index (χ0v) is 31.8. The Morgan fingerprint density at radius 3 is 1.57 bits per heavy atom. The van der Waals surface area contributed by atoms with E-state index in [1.165, 1.54) is 65.6 Å². The number of nitrogens with zero attached hydrogens (tertiary/aromatic N) is 2. The highest BCUT2D eigenvalue weighted by atomic mass is 15.1. The molecule has 10 aromatic carbocycles. The van der Waals surface area contributed by atoms with Gasteiger partial charge in [-0.1, -0.05) is 176 Å². The van der Waals surface area contributed by atoms with Gasteiger partial charge in [-0.3, -0.25) is 0 Å². The predicted octanol–water partition coefficient (Wildman–Crippen LogP) is 15.6. The van der Waals surface area contributed by atoms with Gasteiger partial charge in [0.2, 0.25) is 0 Å². The molecule has 2 nitrogen and oxygen atoms in total. The fourth-order valence-electron chi connectivity index (χ4n) is 8.85. The molecule has 0 unspecified atom stereocenters. The standard InChI is InChI=1S/C56H38N2/c1-2-13-39(14-3-1)40-25-32-45(33-26-40)57(46-34-27-43(28-35-46)49-22-12-17-41-15-4-6-18-48(41)49)53-23-10-8-19-50(53)44-29-36-47(37-30-44)58-54-24-11-9-21-52(54)56-51-20-7-5-16-42(51)31-38-55(56)58/h1-38H. The summed E-state index contributed by atoms with van der Waals surface area (Å²) >= 11 is 0. The molecule has 0 bridgehead atoms. The first kappa shape index (κ1) is 33.6. The maximum Gasteiger partial charge on any atom is 0.0547 e. The molecule has 0 spiro atoms. The van der Waals surface area contributed by atoms with Crippen molar-refractivity contribution in [2.45, 2.75) is 0 Å². The first-order valence-corrected chi connectivity index (χ1v) is 19.9. The van der Waals surface area contributed by atoms with Crippen LogP contribution >= 0.6 is 0 Å². The summed E-state index contributed by atoms with van der Waals surface area (Å²) in [5, 5.41) is 7.60. The number of para-hydroxylation sites is 2. The van der Waals surface area contributed by atoms with Crippen molar-refractivity contribution < 1.29 is 0 Å². The Bertz CT molecular complexity index is 3240. The second-order valence-corrected chi connectivity index (χ2v) is 14.9. The second kappa shape index (κ2) is 14.1. The van der Waals surface area contributed by atoms with Gasteiger partial charge in [0.15, 0.2) is 0 Å². The molecule has 0 N–H and O–H groups in total. The molecule has 0 aliphatic carbocycles. The van der Waals surface area contributed by atoms with E-state index in [9.17, 15) is 0 Å². The van der Waals surface area contributed by atoms with Gasteiger partial charge in [-0.05, 0) is 104 Å². The van der Waals surface area contributed by atoms with E-state index in [0.717, 1.165) is 33.9 Å².